The number of rotatable bonds is 5. The third-order valence-electron chi connectivity index (χ3n) is 3.89. The Morgan fingerprint density at radius 3 is 2.62 bits per heavy atom. The van der Waals surface area contributed by atoms with Crippen molar-refractivity contribution >= 4 is 11.9 Å². The van der Waals surface area contributed by atoms with Crippen LogP contribution in [0.1, 0.15) is 38.2 Å². The van der Waals surface area contributed by atoms with E-state index in [1.54, 1.807) is 12.1 Å². The Kier molecular flexibility index (Phi) is 6.01. The topological polar surface area (TPSA) is 100 Å². The number of benzene rings is 1. The first-order valence-electron chi connectivity index (χ1n) is 7.89. The van der Waals surface area contributed by atoms with Gasteiger partial charge < -0.3 is 14.8 Å². The highest BCUT2D eigenvalue weighted by Crippen LogP contribution is 2.28. The Hall–Kier alpha value is -2.75. The van der Waals surface area contributed by atoms with Crippen LogP contribution in [0.25, 0.3) is 0 Å². The molecule has 0 saturated heterocycles. The summed E-state index contributed by atoms with van der Waals surface area (Å²) >= 11 is 0. The maximum atomic E-state index is 12.1. The van der Waals surface area contributed by atoms with Crippen LogP contribution in [0.3, 0.4) is 0 Å². The van der Waals surface area contributed by atoms with Crippen LogP contribution in [0.4, 0.5) is 4.79 Å². The monoisotopic (exact) mass is 331 g/mol. The van der Waals surface area contributed by atoms with Gasteiger partial charge in [-0.2, -0.15) is 5.26 Å². The number of nitrogens with one attached hydrogen (secondary N) is 2. The number of carbonyl (C=O) groups is 2. The molecule has 1 atom stereocenters. The predicted octanol–water partition coefficient (Wildman–Crippen LogP) is 2.10. The van der Waals surface area contributed by atoms with Gasteiger partial charge >= 0.3 is 6.03 Å². The Labute approximate surface area is 140 Å². The van der Waals surface area contributed by atoms with Crippen LogP contribution < -0.4 is 20.1 Å². The van der Waals surface area contributed by atoms with Crippen LogP contribution in [0, 0.1) is 11.3 Å². The molecule has 7 nitrogen and oxygen atoms in total. The van der Waals surface area contributed by atoms with Gasteiger partial charge in [0.2, 0.25) is 0 Å². The molecule has 1 aliphatic carbocycles. The number of imide groups is 1. The summed E-state index contributed by atoms with van der Waals surface area (Å²) in [6.07, 6.45) is 3.18. The van der Waals surface area contributed by atoms with Gasteiger partial charge in [-0.25, -0.2) is 4.79 Å². The number of methoxy groups -OCH3 is 1. The number of hydrogen-bond acceptors (Lipinski definition) is 5. The lowest BCUT2D eigenvalue weighted by atomic mass is 10.2. The number of nitriles is 1. The molecule has 128 valence electrons. The standard InChI is InChI=1S/C17H21N3O4/c1-11(16(21)20-17(22)19-13-5-3-4-6-13)24-14-8-7-12(10-18)9-15(14)23-2/h7-9,11,13H,3-6H2,1-2H3,(H2,19,20,21,22)/t11-/m0/s1. The Balaban J connectivity index is 1.91. The quantitative estimate of drug-likeness (QED) is 0.860. The molecule has 0 aliphatic heterocycles. The van der Waals surface area contributed by atoms with Gasteiger partial charge in [-0.1, -0.05) is 12.8 Å². The fourth-order valence-corrected chi connectivity index (χ4v) is 2.58. The van der Waals surface area contributed by atoms with Crippen LogP contribution in [-0.4, -0.2) is 31.2 Å². The fraction of sp³-hybridized carbons (Fsp3) is 0.471. The van der Waals surface area contributed by atoms with Crippen LogP contribution in [0.2, 0.25) is 0 Å². The number of ether oxygens (including phenoxy) is 2. The zero-order valence-corrected chi connectivity index (χ0v) is 13.8. The molecule has 0 radical (unpaired) electrons. The second kappa shape index (κ2) is 8.20. The van der Waals surface area contributed by atoms with Crippen LogP contribution in [0.15, 0.2) is 18.2 Å². The van der Waals surface area contributed by atoms with Gasteiger partial charge in [0.25, 0.3) is 5.91 Å². The number of hydrogen-bond donors (Lipinski definition) is 2. The smallest absolute Gasteiger partial charge is 0.321 e. The van der Waals surface area contributed by atoms with Crippen molar-refractivity contribution in [3.63, 3.8) is 0 Å². The Bertz CT molecular complexity index is 648. The third kappa shape index (κ3) is 4.62. The SMILES string of the molecule is COc1cc(C#N)ccc1O[C@@H](C)C(=O)NC(=O)NC1CCCC1. The van der Waals surface area contributed by atoms with Gasteiger partial charge in [-0.05, 0) is 31.9 Å². The highest BCUT2D eigenvalue weighted by Gasteiger charge is 2.22. The molecule has 0 bridgehead atoms. The van der Waals surface area contributed by atoms with Gasteiger partial charge in [0.05, 0.1) is 18.7 Å². The van der Waals surface area contributed by atoms with Crippen molar-refractivity contribution in [1.82, 2.24) is 10.6 Å². The largest absolute Gasteiger partial charge is 0.493 e. The Morgan fingerprint density at radius 1 is 1.29 bits per heavy atom. The minimum absolute atomic E-state index is 0.132. The average Bonchev–Trinajstić information content (AvgIpc) is 3.07. The zero-order chi connectivity index (χ0) is 17.5. The molecule has 24 heavy (non-hydrogen) atoms. The summed E-state index contributed by atoms with van der Waals surface area (Å²) in [6.45, 7) is 1.54. The number of nitrogens with zero attached hydrogens (tertiary/aromatic N) is 1. The van der Waals surface area contributed by atoms with Crippen molar-refractivity contribution in [3.8, 4) is 17.6 Å². The van der Waals surface area contributed by atoms with Crippen molar-refractivity contribution in [1.29, 1.82) is 5.26 Å². The predicted molar refractivity (Wildman–Crippen MR) is 86.7 cm³/mol. The van der Waals surface area contributed by atoms with Gasteiger partial charge in [-0.3, -0.25) is 10.1 Å². The van der Waals surface area contributed by atoms with Crippen LogP contribution in [0.5, 0.6) is 11.5 Å². The minimum atomic E-state index is -0.888. The Morgan fingerprint density at radius 2 is 2.00 bits per heavy atom. The first-order chi connectivity index (χ1) is 11.5. The van der Waals surface area contributed by atoms with E-state index in [0.29, 0.717) is 17.1 Å². The lowest BCUT2D eigenvalue weighted by molar-refractivity contribution is -0.126. The van der Waals surface area contributed by atoms with E-state index >= 15 is 0 Å². The van der Waals surface area contributed by atoms with Gasteiger partial charge in [0.1, 0.15) is 0 Å². The van der Waals surface area contributed by atoms with Gasteiger partial charge in [-0.15, -0.1) is 0 Å². The summed E-state index contributed by atoms with van der Waals surface area (Å²) in [5.74, 6) is 0.136. The normalized spacial score (nSPS) is 15.2. The van der Waals surface area contributed by atoms with Gasteiger partial charge in [0, 0.05) is 12.1 Å². The molecule has 0 aromatic heterocycles. The molecule has 0 spiro atoms. The molecule has 3 amide bonds. The molecule has 1 fully saturated rings. The second-order valence-electron chi connectivity index (χ2n) is 5.68. The first kappa shape index (κ1) is 17.6. The molecule has 0 heterocycles. The minimum Gasteiger partial charge on any atom is -0.493 e. The number of amides is 3. The lowest BCUT2D eigenvalue weighted by Gasteiger charge is -2.17. The molecule has 1 aliphatic rings. The summed E-state index contributed by atoms with van der Waals surface area (Å²) in [7, 11) is 1.45. The van der Waals surface area contributed by atoms with E-state index in [2.05, 4.69) is 10.6 Å². The third-order valence-corrected chi connectivity index (χ3v) is 3.89. The zero-order valence-electron chi connectivity index (χ0n) is 13.8. The van der Waals surface area contributed by atoms with E-state index < -0.39 is 18.0 Å². The highest BCUT2D eigenvalue weighted by atomic mass is 16.5. The summed E-state index contributed by atoms with van der Waals surface area (Å²) in [4.78, 5) is 23.9. The molecular formula is C17H21N3O4. The van der Waals surface area contributed by atoms with Crippen molar-refractivity contribution < 1.29 is 19.1 Å². The van der Waals surface area contributed by atoms with Crippen molar-refractivity contribution in [3.05, 3.63) is 23.8 Å². The van der Waals surface area contributed by atoms with E-state index in [4.69, 9.17) is 14.7 Å². The number of carbonyl (C=O) groups excluding carboxylic acids is 2. The van der Waals surface area contributed by atoms with E-state index in [0.717, 1.165) is 25.7 Å². The lowest BCUT2D eigenvalue weighted by Crippen LogP contribution is -2.47. The maximum absolute atomic E-state index is 12.1. The van der Waals surface area contributed by atoms with E-state index in [1.807, 2.05) is 6.07 Å². The summed E-state index contributed by atoms with van der Waals surface area (Å²) in [5, 5.41) is 13.9. The molecule has 7 heteroatoms. The van der Waals surface area contributed by atoms with Crippen LogP contribution in [-0.2, 0) is 4.79 Å². The van der Waals surface area contributed by atoms with Gasteiger partial charge in [0.15, 0.2) is 17.6 Å². The molecule has 0 unspecified atom stereocenters. The molecule has 2 rings (SSSR count). The molecule has 1 aromatic carbocycles. The van der Waals surface area contributed by atoms with Crippen molar-refractivity contribution in [2.45, 2.75) is 44.8 Å². The molecule has 2 N–H and O–H groups in total. The molecular weight excluding hydrogens is 310 g/mol. The summed E-state index contributed by atoms with van der Waals surface area (Å²) < 4.78 is 10.7. The van der Waals surface area contributed by atoms with E-state index in [1.165, 1.54) is 20.1 Å². The highest BCUT2D eigenvalue weighted by molar-refractivity contribution is 5.96. The van der Waals surface area contributed by atoms with Crippen molar-refractivity contribution in [2.75, 3.05) is 7.11 Å². The van der Waals surface area contributed by atoms with E-state index in [-0.39, 0.29) is 6.04 Å². The van der Waals surface area contributed by atoms with E-state index in [9.17, 15) is 9.59 Å². The summed E-state index contributed by atoms with van der Waals surface area (Å²) in [5.41, 5.74) is 0.423. The van der Waals surface area contributed by atoms with Crippen LogP contribution >= 0.6 is 0 Å². The number of urea groups is 1. The van der Waals surface area contributed by atoms with Crippen molar-refractivity contribution in [2.24, 2.45) is 0 Å². The fourth-order valence-electron chi connectivity index (χ4n) is 2.58. The summed E-state index contributed by atoms with van der Waals surface area (Å²) in [6, 6.07) is 6.26. The average molecular weight is 331 g/mol. The first-order valence-corrected chi connectivity index (χ1v) is 7.89. The second-order valence-corrected chi connectivity index (χ2v) is 5.68. The maximum Gasteiger partial charge on any atom is 0.321 e. The molecule has 1 saturated carbocycles. The molecule has 1 aromatic rings.